The van der Waals surface area contributed by atoms with Crippen molar-refractivity contribution in [3.63, 3.8) is 0 Å². The molecule has 0 aromatic carbocycles. The first-order valence-electron chi connectivity index (χ1n) is 3.92. The average molecular weight is 192 g/mol. The zero-order valence-electron chi connectivity index (χ0n) is 8.46. The SMILES string of the molecule is CCOC(=O)OC.CCOC(C)=O. The van der Waals surface area contributed by atoms with Crippen molar-refractivity contribution in [3.8, 4) is 0 Å². The van der Waals surface area contributed by atoms with Gasteiger partial charge in [-0.05, 0) is 13.8 Å². The van der Waals surface area contributed by atoms with Crippen molar-refractivity contribution in [2.24, 2.45) is 0 Å². The molecule has 0 aliphatic carbocycles. The van der Waals surface area contributed by atoms with Crippen LogP contribution in [0.25, 0.3) is 0 Å². The van der Waals surface area contributed by atoms with Gasteiger partial charge in [0.25, 0.3) is 0 Å². The second kappa shape index (κ2) is 10.7. The van der Waals surface area contributed by atoms with Gasteiger partial charge in [0.05, 0.1) is 20.3 Å². The summed E-state index contributed by atoms with van der Waals surface area (Å²) < 4.78 is 12.9. The van der Waals surface area contributed by atoms with Gasteiger partial charge in [-0.3, -0.25) is 4.79 Å². The first-order valence-corrected chi connectivity index (χ1v) is 3.92. The van der Waals surface area contributed by atoms with Gasteiger partial charge >= 0.3 is 12.1 Å². The zero-order valence-corrected chi connectivity index (χ0v) is 8.46. The van der Waals surface area contributed by atoms with E-state index in [-0.39, 0.29) is 5.97 Å². The van der Waals surface area contributed by atoms with Crippen LogP contribution in [0.1, 0.15) is 20.8 Å². The van der Waals surface area contributed by atoms with Gasteiger partial charge in [0.15, 0.2) is 0 Å². The molecule has 0 heterocycles. The maximum Gasteiger partial charge on any atom is 0.507 e. The lowest BCUT2D eigenvalue weighted by Crippen LogP contribution is -2.02. The summed E-state index contributed by atoms with van der Waals surface area (Å²) in [6, 6.07) is 0. The molecule has 78 valence electrons. The molecule has 0 spiro atoms. The van der Waals surface area contributed by atoms with Crippen LogP contribution in [0, 0.1) is 0 Å². The molecule has 0 aromatic heterocycles. The summed E-state index contributed by atoms with van der Waals surface area (Å²) >= 11 is 0. The van der Waals surface area contributed by atoms with Crippen LogP contribution in [-0.2, 0) is 19.0 Å². The van der Waals surface area contributed by atoms with Crippen LogP contribution in [-0.4, -0.2) is 32.4 Å². The number of rotatable bonds is 2. The van der Waals surface area contributed by atoms with Crippen molar-refractivity contribution in [1.82, 2.24) is 0 Å². The molecule has 0 fully saturated rings. The van der Waals surface area contributed by atoms with Crippen molar-refractivity contribution in [1.29, 1.82) is 0 Å². The second-order valence-electron chi connectivity index (χ2n) is 1.81. The Hall–Kier alpha value is -1.26. The third-order valence-corrected chi connectivity index (χ3v) is 0.776. The fourth-order valence-corrected chi connectivity index (χ4v) is 0.380. The third-order valence-electron chi connectivity index (χ3n) is 0.776. The lowest BCUT2D eigenvalue weighted by Gasteiger charge is -1.94. The molecule has 0 saturated carbocycles. The highest BCUT2D eigenvalue weighted by molar-refractivity contribution is 5.65. The summed E-state index contributed by atoms with van der Waals surface area (Å²) in [5.41, 5.74) is 0. The molecular formula is C8H16O5. The van der Waals surface area contributed by atoms with Crippen molar-refractivity contribution in [3.05, 3.63) is 0 Å². The zero-order chi connectivity index (χ0) is 10.7. The van der Waals surface area contributed by atoms with E-state index in [0.29, 0.717) is 13.2 Å². The lowest BCUT2D eigenvalue weighted by atomic mass is 10.8. The van der Waals surface area contributed by atoms with Crippen LogP contribution in [0.5, 0.6) is 0 Å². The lowest BCUT2D eigenvalue weighted by molar-refractivity contribution is -0.140. The quantitative estimate of drug-likeness (QED) is 0.618. The van der Waals surface area contributed by atoms with Gasteiger partial charge in [-0.15, -0.1) is 0 Å². The normalized spacial score (nSPS) is 7.69. The predicted octanol–water partition coefficient (Wildman–Crippen LogP) is 1.36. The second-order valence-corrected chi connectivity index (χ2v) is 1.81. The minimum atomic E-state index is -0.623. The molecule has 0 aliphatic heterocycles. The number of ether oxygens (including phenoxy) is 3. The van der Waals surface area contributed by atoms with E-state index in [9.17, 15) is 9.59 Å². The Labute approximate surface area is 78.0 Å². The molecule has 0 aromatic rings. The monoisotopic (exact) mass is 192 g/mol. The van der Waals surface area contributed by atoms with E-state index in [1.807, 2.05) is 0 Å². The molecule has 5 heteroatoms. The minimum Gasteiger partial charge on any atom is -0.466 e. The number of hydrogen-bond donors (Lipinski definition) is 0. The standard InChI is InChI=1S/C4H8O3.C4H8O2/c1-3-7-4(5)6-2;1-3-6-4(2)5/h3H2,1-2H3;3H2,1-2H3. The third kappa shape index (κ3) is 18.1. The van der Waals surface area contributed by atoms with Crippen molar-refractivity contribution >= 4 is 12.1 Å². The maximum atomic E-state index is 9.97. The van der Waals surface area contributed by atoms with E-state index in [2.05, 4.69) is 14.2 Å². The summed E-state index contributed by atoms with van der Waals surface area (Å²) in [5.74, 6) is -0.211. The van der Waals surface area contributed by atoms with Crippen LogP contribution in [0.2, 0.25) is 0 Å². The largest absolute Gasteiger partial charge is 0.507 e. The highest BCUT2D eigenvalue weighted by Gasteiger charge is 1.92. The average Bonchev–Trinajstić information content (AvgIpc) is 2.05. The first-order chi connectivity index (χ1) is 6.08. The highest BCUT2D eigenvalue weighted by Crippen LogP contribution is 1.77. The molecule has 0 saturated heterocycles. The Morgan fingerprint density at radius 1 is 1.08 bits per heavy atom. The van der Waals surface area contributed by atoms with Gasteiger partial charge in [0.2, 0.25) is 0 Å². The van der Waals surface area contributed by atoms with E-state index in [1.54, 1.807) is 13.8 Å². The minimum absolute atomic E-state index is 0.211. The van der Waals surface area contributed by atoms with Gasteiger partial charge in [0, 0.05) is 6.92 Å². The number of carbonyl (C=O) groups is 2. The van der Waals surface area contributed by atoms with Gasteiger partial charge < -0.3 is 14.2 Å². The number of hydrogen-bond acceptors (Lipinski definition) is 5. The Morgan fingerprint density at radius 2 is 1.54 bits per heavy atom. The van der Waals surface area contributed by atoms with Gasteiger partial charge in [0.1, 0.15) is 0 Å². The van der Waals surface area contributed by atoms with Crippen LogP contribution in [0.15, 0.2) is 0 Å². The van der Waals surface area contributed by atoms with E-state index in [0.717, 1.165) is 0 Å². The predicted molar refractivity (Wildman–Crippen MR) is 46.3 cm³/mol. The van der Waals surface area contributed by atoms with Crippen molar-refractivity contribution in [2.75, 3.05) is 20.3 Å². The molecule has 0 bridgehead atoms. The van der Waals surface area contributed by atoms with Crippen molar-refractivity contribution < 1.29 is 23.8 Å². The highest BCUT2D eigenvalue weighted by atomic mass is 16.7. The molecule has 0 N–H and O–H groups in total. The van der Waals surface area contributed by atoms with Crippen molar-refractivity contribution in [2.45, 2.75) is 20.8 Å². The number of esters is 1. The summed E-state index contributed by atoms with van der Waals surface area (Å²) in [6.07, 6.45) is -0.623. The Bertz CT molecular complexity index is 143. The summed E-state index contributed by atoms with van der Waals surface area (Å²) in [7, 11) is 1.28. The molecule has 13 heavy (non-hydrogen) atoms. The summed E-state index contributed by atoms with van der Waals surface area (Å²) in [6.45, 7) is 5.74. The van der Waals surface area contributed by atoms with E-state index in [4.69, 9.17) is 0 Å². The molecule has 5 nitrogen and oxygen atoms in total. The molecule has 0 unspecified atom stereocenters. The van der Waals surface area contributed by atoms with Gasteiger partial charge in [-0.2, -0.15) is 0 Å². The van der Waals surface area contributed by atoms with Crippen LogP contribution in [0.3, 0.4) is 0 Å². The van der Waals surface area contributed by atoms with E-state index >= 15 is 0 Å². The van der Waals surface area contributed by atoms with Crippen LogP contribution < -0.4 is 0 Å². The van der Waals surface area contributed by atoms with E-state index in [1.165, 1.54) is 14.0 Å². The van der Waals surface area contributed by atoms with Crippen LogP contribution >= 0.6 is 0 Å². The Kier molecular flexibility index (Phi) is 11.8. The van der Waals surface area contributed by atoms with Gasteiger partial charge in [-0.25, -0.2) is 4.79 Å². The molecule has 0 atom stereocenters. The maximum absolute atomic E-state index is 9.97. The summed E-state index contributed by atoms with van der Waals surface area (Å²) in [5, 5.41) is 0. The molecule has 0 radical (unpaired) electrons. The van der Waals surface area contributed by atoms with E-state index < -0.39 is 6.16 Å². The molecule has 0 rings (SSSR count). The first kappa shape index (κ1) is 14.3. The Balaban J connectivity index is 0. The number of carbonyl (C=O) groups excluding carboxylic acids is 2. The van der Waals surface area contributed by atoms with Gasteiger partial charge in [-0.1, -0.05) is 0 Å². The number of methoxy groups -OCH3 is 1. The fourth-order valence-electron chi connectivity index (χ4n) is 0.380. The van der Waals surface area contributed by atoms with Crippen LogP contribution in [0.4, 0.5) is 4.79 Å². The topological polar surface area (TPSA) is 61.8 Å². The molecular weight excluding hydrogens is 176 g/mol. The Morgan fingerprint density at radius 3 is 1.62 bits per heavy atom. The molecule has 0 aliphatic rings. The fraction of sp³-hybridized carbons (Fsp3) is 0.750. The smallest absolute Gasteiger partial charge is 0.466 e. The molecule has 0 amide bonds. The summed E-state index contributed by atoms with van der Waals surface area (Å²) in [4.78, 5) is 19.8.